The summed E-state index contributed by atoms with van der Waals surface area (Å²) in [6.07, 6.45) is 1.43. The Labute approximate surface area is 317 Å². The Morgan fingerprint density at radius 1 is 0.611 bits per heavy atom. The lowest BCUT2D eigenvalue weighted by molar-refractivity contribution is 0.0980. The first-order chi connectivity index (χ1) is 25.5. The van der Waals surface area contributed by atoms with E-state index >= 15 is 0 Å². The molecule has 4 aromatic rings. The van der Waals surface area contributed by atoms with Crippen LogP contribution in [0.15, 0.2) is 58.3 Å². The second-order valence-corrected chi connectivity index (χ2v) is 17.0. The van der Waals surface area contributed by atoms with E-state index in [9.17, 15) is 26.4 Å². The van der Waals surface area contributed by atoms with Crippen LogP contribution < -0.4 is 20.1 Å². The first-order valence-corrected chi connectivity index (χ1v) is 20.7. The first kappa shape index (κ1) is 40.7. The van der Waals surface area contributed by atoms with Gasteiger partial charge in [-0.05, 0) is 106 Å². The van der Waals surface area contributed by atoms with Crippen LogP contribution in [0, 0.1) is 41.5 Å². The minimum atomic E-state index is -3.94. The molecule has 1 aliphatic rings. The van der Waals surface area contributed by atoms with Crippen molar-refractivity contribution >= 4 is 54.4 Å². The second-order valence-electron chi connectivity index (χ2n) is 13.6. The lowest BCUT2D eigenvalue weighted by Crippen LogP contribution is -2.27. The molecule has 4 aromatic carbocycles. The van der Waals surface area contributed by atoms with E-state index in [4.69, 9.17) is 9.84 Å². The third-order valence-electron chi connectivity index (χ3n) is 9.63. The van der Waals surface area contributed by atoms with E-state index < -0.39 is 31.6 Å². The smallest absolute Gasteiger partial charge is 0.241 e. The summed E-state index contributed by atoms with van der Waals surface area (Å²) in [5.41, 5.74) is 5.68. The van der Waals surface area contributed by atoms with Crippen LogP contribution in [0.2, 0.25) is 0 Å². The molecule has 1 aliphatic carbocycles. The van der Waals surface area contributed by atoms with Crippen LogP contribution in [0.1, 0.15) is 84.5 Å². The Morgan fingerprint density at radius 2 is 1.04 bits per heavy atom. The van der Waals surface area contributed by atoms with Crippen LogP contribution in [0.4, 0.5) is 22.7 Å². The number of fused-ring (bicyclic) bond motifs is 2. The van der Waals surface area contributed by atoms with Gasteiger partial charge in [0.25, 0.3) is 0 Å². The number of methoxy groups -OCH3 is 1. The molecule has 5 N–H and O–H groups in total. The van der Waals surface area contributed by atoms with Crippen molar-refractivity contribution in [2.24, 2.45) is 0 Å². The molecule has 0 aliphatic heterocycles. The Morgan fingerprint density at radius 3 is 1.44 bits per heavy atom. The van der Waals surface area contributed by atoms with Gasteiger partial charge in [0.15, 0.2) is 11.6 Å². The molecule has 0 bridgehead atoms. The molecule has 0 aromatic heterocycles. The fourth-order valence-electron chi connectivity index (χ4n) is 7.26. The maximum atomic E-state index is 14.4. The highest BCUT2D eigenvalue weighted by atomic mass is 32.2. The molecule has 0 amide bonds. The van der Waals surface area contributed by atoms with Crippen molar-refractivity contribution in [2.45, 2.75) is 70.6 Å². The number of ketones is 2. The quantitative estimate of drug-likeness (QED) is 0.0729. The van der Waals surface area contributed by atoms with Crippen molar-refractivity contribution in [3.05, 3.63) is 104 Å². The van der Waals surface area contributed by atoms with Gasteiger partial charge in [0.2, 0.25) is 20.0 Å². The topological polar surface area (TPSA) is 180 Å². The van der Waals surface area contributed by atoms with Gasteiger partial charge in [0, 0.05) is 55.9 Å². The van der Waals surface area contributed by atoms with Gasteiger partial charge in [-0.2, -0.15) is 0 Å². The van der Waals surface area contributed by atoms with Gasteiger partial charge in [-0.15, -0.1) is 0 Å². The molecular formula is C40H48N4O8S2. The standard InChI is InChI=1S/C40H48N4O8S2/c1-23-21-25(3)39(53(48,49)41-17-10-11-19-45)27(5)35(23)43-31-15-16-32(34-33(31)37(46)29-13-8-9-14-30(29)38(34)47)44-36-24(2)22-26(4)40(28(36)6)54(50,51)42-18-12-20-52-7/h8-9,13-16,21-22,41-45H,10-12,17-20H2,1-7H3. The summed E-state index contributed by atoms with van der Waals surface area (Å²) in [6.45, 7) is 11.2. The molecule has 0 saturated heterocycles. The van der Waals surface area contributed by atoms with E-state index in [0.717, 1.165) is 11.1 Å². The van der Waals surface area contributed by atoms with Gasteiger partial charge in [-0.1, -0.05) is 36.4 Å². The van der Waals surface area contributed by atoms with Crippen LogP contribution in [0.25, 0.3) is 0 Å². The van der Waals surface area contributed by atoms with Crippen LogP contribution in [-0.2, 0) is 24.8 Å². The Balaban J connectivity index is 1.64. The number of aliphatic hydroxyl groups is 1. The third-order valence-corrected chi connectivity index (χ3v) is 13.1. The van der Waals surface area contributed by atoms with E-state index in [1.807, 2.05) is 13.8 Å². The number of ether oxygens (including phenoxy) is 1. The lowest BCUT2D eigenvalue weighted by Gasteiger charge is -2.26. The number of unbranched alkanes of at least 4 members (excludes halogenated alkanes) is 1. The SMILES string of the molecule is COCCCNS(=O)(=O)c1c(C)cc(C)c(Nc2ccc(Nc3c(C)cc(C)c(S(=O)(=O)NCCCCO)c3C)c3c2C(=O)c2ccccc2C3=O)c1C. The number of aryl methyl sites for hydroxylation is 4. The van der Waals surface area contributed by atoms with Crippen molar-refractivity contribution in [1.29, 1.82) is 0 Å². The number of aliphatic hydroxyl groups excluding tert-OH is 1. The maximum absolute atomic E-state index is 14.4. The highest BCUT2D eigenvalue weighted by molar-refractivity contribution is 7.90. The van der Waals surface area contributed by atoms with E-state index in [1.165, 1.54) is 0 Å². The molecule has 54 heavy (non-hydrogen) atoms. The zero-order chi connectivity index (χ0) is 39.5. The normalized spacial score (nSPS) is 12.8. The van der Waals surface area contributed by atoms with E-state index in [-0.39, 0.29) is 51.7 Å². The van der Waals surface area contributed by atoms with E-state index in [1.54, 1.807) is 83.3 Å². The average Bonchev–Trinajstić information content (AvgIpc) is 3.10. The average molecular weight is 777 g/mol. The number of carbonyl (C=O) groups is 2. The van der Waals surface area contributed by atoms with Gasteiger partial charge in [-0.3, -0.25) is 9.59 Å². The Hall–Kier alpha value is -4.44. The Bertz CT molecular complexity index is 2190. The third kappa shape index (κ3) is 7.99. The van der Waals surface area contributed by atoms with Gasteiger partial charge in [0.1, 0.15) is 0 Å². The minimum Gasteiger partial charge on any atom is -0.396 e. The van der Waals surface area contributed by atoms with Crippen molar-refractivity contribution in [2.75, 3.05) is 44.0 Å². The minimum absolute atomic E-state index is 0.0386. The highest BCUT2D eigenvalue weighted by Crippen LogP contribution is 2.42. The number of benzene rings is 4. The van der Waals surface area contributed by atoms with Crippen molar-refractivity contribution in [1.82, 2.24) is 9.44 Å². The Kier molecular flexibility index (Phi) is 12.5. The number of sulfonamides is 2. The number of anilines is 4. The second kappa shape index (κ2) is 16.5. The fourth-order valence-corrected chi connectivity index (χ4v) is 10.3. The number of rotatable bonds is 16. The molecule has 0 unspecified atom stereocenters. The molecule has 5 rings (SSSR count). The van der Waals surface area contributed by atoms with Crippen LogP contribution in [-0.4, -0.2) is 66.9 Å². The van der Waals surface area contributed by atoms with Crippen molar-refractivity contribution in [3.8, 4) is 0 Å². The molecular weight excluding hydrogens is 729 g/mol. The molecule has 14 heteroatoms. The maximum Gasteiger partial charge on any atom is 0.241 e. The number of hydrogen-bond acceptors (Lipinski definition) is 10. The molecule has 0 saturated carbocycles. The molecule has 0 atom stereocenters. The molecule has 0 fully saturated rings. The first-order valence-electron chi connectivity index (χ1n) is 17.8. The zero-order valence-corrected chi connectivity index (χ0v) is 33.3. The monoisotopic (exact) mass is 776 g/mol. The predicted molar refractivity (Wildman–Crippen MR) is 211 cm³/mol. The van der Waals surface area contributed by atoms with Gasteiger partial charge >= 0.3 is 0 Å². The summed E-state index contributed by atoms with van der Waals surface area (Å²) in [6, 6.07) is 13.4. The number of hydrogen-bond donors (Lipinski definition) is 5. The number of carbonyl (C=O) groups excluding carboxylic acids is 2. The summed E-state index contributed by atoms with van der Waals surface area (Å²) in [5, 5.41) is 15.8. The fraction of sp³-hybridized carbons (Fsp3) is 0.350. The van der Waals surface area contributed by atoms with Crippen LogP contribution in [0.3, 0.4) is 0 Å². The van der Waals surface area contributed by atoms with Gasteiger partial charge < -0.3 is 20.5 Å². The van der Waals surface area contributed by atoms with Crippen molar-refractivity contribution < 1.29 is 36.3 Å². The summed E-state index contributed by atoms with van der Waals surface area (Å²) >= 11 is 0. The largest absolute Gasteiger partial charge is 0.396 e. The molecule has 12 nitrogen and oxygen atoms in total. The summed E-state index contributed by atoms with van der Waals surface area (Å²) in [7, 11) is -6.31. The van der Waals surface area contributed by atoms with E-state index in [2.05, 4.69) is 20.1 Å². The molecule has 288 valence electrons. The van der Waals surface area contributed by atoms with E-state index in [0.29, 0.717) is 70.9 Å². The van der Waals surface area contributed by atoms with Gasteiger partial charge in [-0.25, -0.2) is 26.3 Å². The molecule has 0 radical (unpaired) electrons. The number of nitrogens with one attached hydrogen (secondary N) is 4. The highest BCUT2D eigenvalue weighted by Gasteiger charge is 2.35. The summed E-state index contributed by atoms with van der Waals surface area (Å²) < 4.78 is 64.5. The molecule has 0 heterocycles. The molecule has 0 spiro atoms. The van der Waals surface area contributed by atoms with Crippen molar-refractivity contribution in [3.63, 3.8) is 0 Å². The lowest BCUT2D eigenvalue weighted by atomic mass is 9.82. The van der Waals surface area contributed by atoms with Crippen LogP contribution in [0.5, 0.6) is 0 Å². The zero-order valence-electron chi connectivity index (χ0n) is 31.7. The van der Waals surface area contributed by atoms with Crippen LogP contribution >= 0.6 is 0 Å². The summed E-state index contributed by atoms with van der Waals surface area (Å²) in [4.78, 5) is 28.9. The summed E-state index contributed by atoms with van der Waals surface area (Å²) in [5.74, 6) is -0.790. The predicted octanol–water partition coefficient (Wildman–Crippen LogP) is 6.17. The van der Waals surface area contributed by atoms with Gasteiger partial charge in [0.05, 0.1) is 32.3 Å².